The first-order chi connectivity index (χ1) is 19.1. The zero-order valence-corrected chi connectivity index (χ0v) is 22.5. The van der Waals surface area contributed by atoms with E-state index in [1.165, 1.54) is 12.1 Å². The van der Waals surface area contributed by atoms with Gasteiger partial charge < -0.3 is 20.7 Å². The molecule has 0 bridgehead atoms. The van der Waals surface area contributed by atoms with E-state index in [1.807, 2.05) is 6.92 Å². The van der Waals surface area contributed by atoms with Crippen molar-refractivity contribution < 1.29 is 28.3 Å². The minimum Gasteiger partial charge on any atom is -0.427 e. The van der Waals surface area contributed by atoms with Gasteiger partial charge in [0.1, 0.15) is 12.4 Å². The Hall–Kier alpha value is -3.79. The SMILES string of the molecule is CC(C1CC1)N(Cc1ccc(F)cc1)C(=O)CN1C(=O)OC2(CCc3cc(NC(=O)C4(N)CCC4)ccc32)C1=O. The van der Waals surface area contributed by atoms with Gasteiger partial charge >= 0.3 is 6.09 Å². The van der Waals surface area contributed by atoms with Gasteiger partial charge in [0.2, 0.25) is 17.4 Å². The second-order valence-electron chi connectivity index (χ2n) is 11.6. The number of hydrogen-bond donors (Lipinski definition) is 2. The van der Waals surface area contributed by atoms with Gasteiger partial charge in [0, 0.05) is 30.3 Å². The monoisotopic (exact) mass is 548 g/mol. The molecule has 2 atom stereocenters. The zero-order chi connectivity index (χ0) is 28.2. The number of ether oxygens (including phenoxy) is 1. The maximum absolute atomic E-state index is 13.7. The zero-order valence-electron chi connectivity index (χ0n) is 22.5. The van der Waals surface area contributed by atoms with Gasteiger partial charge in [-0.05, 0) is 86.8 Å². The van der Waals surface area contributed by atoms with Crippen molar-refractivity contribution in [1.82, 2.24) is 9.80 Å². The molecule has 3 aliphatic carbocycles. The number of amides is 4. The molecule has 4 amide bonds. The number of hydrogen-bond acceptors (Lipinski definition) is 6. The lowest BCUT2D eigenvalue weighted by Gasteiger charge is -2.36. The van der Waals surface area contributed by atoms with Crippen LogP contribution in [0.1, 0.15) is 62.1 Å². The lowest BCUT2D eigenvalue weighted by atomic mass is 9.77. The minimum atomic E-state index is -1.48. The van der Waals surface area contributed by atoms with Gasteiger partial charge in [0.25, 0.3) is 5.91 Å². The van der Waals surface area contributed by atoms with Crippen molar-refractivity contribution in [3.8, 4) is 0 Å². The molecule has 6 rings (SSSR count). The maximum atomic E-state index is 13.7. The van der Waals surface area contributed by atoms with Crippen LogP contribution in [0.3, 0.4) is 0 Å². The number of carbonyl (C=O) groups excluding carboxylic acids is 4. The van der Waals surface area contributed by atoms with Gasteiger partial charge in [-0.2, -0.15) is 0 Å². The molecule has 4 aliphatic rings. The molecule has 0 aromatic heterocycles. The number of nitrogens with two attached hydrogens (primary N) is 1. The Balaban J connectivity index is 1.18. The summed E-state index contributed by atoms with van der Waals surface area (Å²) in [6, 6.07) is 11.0. The fourth-order valence-electron chi connectivity index (χ4n) is 6.08. The third-order valence-electron chi connectivity index (χ3n) is 8.99. The molecule has 9 nitrogen and oxygen atoms in total. The van der Waals surface area contributed by atoms with Crippen LogP contribution in [-0.4, -0.2) is 51.7 Å². The fourth-order valence-corrected chi connectivity index (χ4v) is 6.08. The highest BCUT2D eigenvalue weighted by molar-refractivity contribution is 6.06. The Morgan fingerprint density at radius 2 is 1.88 bits per heavy atom. The molecule has 3 N–H and O–H groups in total. The Morgan fingerprint density at radius 1 is 1.15 bits per heavy atom. The van der Waals surface area contributed by atoms with E-state index in [9.17, 15) is 23.6 Å². The second kappa shape index (κ2) is 9.69. The van der Waals surface area contributed by atoms with Crippen LogP contribution in [0.2, 0.25) is 0 Å². The van der Waals surface area contributed by atoms with Crippen molar-refractivity contribution in [2.45, 2.75) is 75.6 Å². The van der Waals surface area contributed by atoms with Crippen LogP contribution < -0.4 is 11.1 Å². The number of carbonyl (C=O) groups is 4. The first kappa shape index (κ1) is 26.4. The van der Waals surface area contributed by atoms with E-state index < -0.39 is 29.7 Å². The Kier molecular flexibility index (Phi) is 6.40. The van der Waals surface area contributed by atoms with Crippen molar-refractivity contribution >= 4 is 29.5 Å². The number of nitrogens with one attached hydrogen (secondary N) is 1. The van der Waals surface area contributed by atoms with Crippen LogP contribution in [0, 0.1) is 11.7 Å². The van der Waals surface area contributed by atoms with E-state index in [0.717, 1.165) is 35.3 Å². The number of imide groups is 1. The number of rotatable bonds is 8. The van der Waals surface area contributed by atoms with Crippen LogP contribution in [-0.2, 0) is 37.7 Å². The fraction of sp³-hybridized carbons (Fsp3) is 0.467. The van der Waals surface area contributed by atoms with Gasteiger partial charge in [0.15, 0.2) is 0 Å². The third kappa shape index (κ3) is 4.54. The van der Waals surface area contributed by atoms with E-state index in [4.69, 9.17) is 10.5 Å². The van der Waals surface area contributed by atoms with E-state index in [0.29, 0.717) is 36.4 Å². The molecule has 10 heteroatoms. The van der Waals surface area contributed by atoms with Gasteiger partial charge in [-0.1, -0.05) is 18.2 Å². The van der Waals surface area contributed by atoms with E-state index in [1.54, 1.807) is 35.2 Å². The summed E-state index contributed by atoms with van der Waals surface area (Å²) >= 11 is 0. The van der Waals surface area contributed by atoms with E-state index in [-0.39, 0.29) is 36.6 Å². The molecule has 3 fully saturated rings. The van der Waals surface area contributed by atoms with Crippen LogP contribution in [0.4, 0.5) is 14.9 Å². The molecular formula is C30H33FN4O5. The van der Waals surface area contributed by atoms with Crippen molar-refractivity contribution in [2.24, 2.45) is 11.7 Å². The van der Waals surface area contributed by atoms with Gasteiger partial charge in [-0.3, -0.25) is 14.4 Å². The summed E-state index contributed by atoms with van der Waals surface area (Å²) in [5, 5.41) is 2.87. The standard InChI is InChI=1S/C30H33FN4O5/c1-18(20-5-6-20)34(16-19-3-7-22(31)8-4-19)25(36)17-35-27(38)30(40-28(35)39)14-11-21-15-23(9-10-24(21)30)33-26(37)29(32)12-2-13-29/h3-4,7-10,15,18,20H,2,5-6,11-14,16-17,32H2,1H3,(H,33,37). The molecule has 2 aromatic carbocycles. The highest BCUT2D eigenvalue weighted by Gasteiger charge is 2.58. The summed E-state index contributed by atoms with van der Waals surface area (Å²) in [6.45, 7) is 1.78. The largest absolute Gasteiger partial charge is 0.427 e. The van der Waals surface area contributed by atoms with Crippen LogP contribution in [0.15, 0.2) is 42.5 Å². The van der Waals surface area contributed by atoms with E-state index in [2.05, 4.69) is 5.32 Å². The number of aryl methyl sites for hydroxylation is 1. The van der Waals surface area contributed by atoms with Crippen molar-refractivity contribution in [3.05, 3.63) is 65.0 Å². The molecule has 2 aromatic rings. The van der Waals surface area contributed by atoms with Gasteiger partial charge in [-0.15, -0.1) is 0 Å². The quantitative estimate of drug-likeness (QED) is 0.520. The number of anilines is 1. The van der Waals surface area contributed by atoms with Crippen LogP contribution in [0.5, 0.6) is 0 Å². The molecule has 2 saturated carbocycles. The smallest absolute Gasteiger partial charge is 0.418 e. The average molecular weight is 549 g/mol. The third-order valence-corrected chi connectivity index (χ3v) is 8.99. The lowest BCUT2D eigenvalue weighted by molar-refractivity contribution is -0.143. The Bertz CT molecular complexity index is 1390. The number of nitrogens with zero attached hydrogens (tertiary/aromatic N) is 2. The highest BCUT2D eigenvalue weighted by atomic mass is 19.1. The lowest BCUT2D eigenvalue weighted by Crippen LogP contribution is -2.56. The molecule has 2 unspecified atom stereocenters. The predicted octanol–water partition coefficient (Wildman–Crippen LogP) is 3.59. The molecule has 0 radical (unpaired) electrons. The van der Waals surface area contributed by atoms with Crippen molar-refractivity contribution in [3.63, 3.8) is 0 Å². The summed E-state index contributed by atoms with van der Waals surface area (Å²) < 4.78 is 19.1. The van der Waals surface area contributed by atoms with E-state index >= 15 is 0 Å². The Labute approximate surface area is 231 Å². The minimum absolute atomic E-state index is 0.0892. The summed E-state index contributed by atoms with van der Waals surface area (Å²) in [6.07, 6.45) is 4.11. The van der Waals surface area contributed by atoms with Crippen LogP contribution in [0.25, 0.3) is 0 Å². The first-order valence-corrected chi connectivity index (χ1v) is 13.9. The molecule has 1 heterocycles. The number of benzene rings is 2. The number of halogens is 1. The predicted molar refractivity (Wildman–Crippen MR) is 143 cm³/mol. The summed E-state index contributed by atoms with van der Waals surface area (Å²) in [5.41, 5.74) is 6.51. The molecule has 40 heavy (non-hydrogen) atoms. The summed E-state index contributed by atoms with van der Waals surface area (Å²) in [7, 11) is 0. The highest BCUT2D eigenvalue weighted by Crippen LogP contribution is 2.46. The molecule has 210 valence electrons. The maximum Gasteiger partial charge on any atom is 0.418 e. The number of fused-ring (bicyclic) bond motifs is 2. The average Bonchev–Trinajstić information content (AvgIpc) is 3.67. The topological polar surface area (TPSA) is 122 Å². The van der Waals surface area contributed by atoms with Gasteiger partial charge in [-0.25, -0.2) is 14.1 Å². The molecule has 1 saturated heterocycles. The first-order valence-electron chi connectivity index (χ1n) is 13.9. The summed E-state index contributed by atoms with van der Waals surface area (Å²) in [5.74, 6) is -1.16. The second-order valence-corrected chi connectivity index (χ2v) is 11.6. The molecule has 1 aliphatic heterocycles. The van der Waals surface area contributed by atoms with Crippen molar-refractivity contribution in [2.75, 3.05) is 11.9 Å². The Morgan fingerprint density at radius 3 is 2.52 bits per heavy atom. The van der Waals surface area contributed by atoms with Crippen molar-refractivity contribution in [1.29, 1.82) is 0 Å². The van der Waals surface area contributed by atoms with Crippen LogP contribution >= 0.6 is 0 Å². The molecular weight excluding hydrogens is 515 g/mol. The normalized spacial score (nSPS) is 23.4. The summed E-state index contributed by atoms with van der Waals surface area (Å²) in [4.78, 5) is 55.4. The van der Waals surface area contributed by atoms with Gasteiger partial charge in [0.05, 0.1) is 5.54 Å². The molecule has 1 spiro atoms.